The maximum Gasteiger partial charge on any atom is 0.244 e. The zero-order chi connectivity index (χ0) is 17.1. The predicted octanol–water partition coefficient (Wildman–Crippen LogP) is 2.90. The van der Waals surface area contributed by atoms with Crippen LogP contribution in [0.3, 0.4) is 0 Å². The normalized spacial score (nSPS) is 12.1. The molecule has 1 amide bonds. The molecule has 0 bridgehead atoms. The molecule has 0 aliphatic rings. The van der Waals surface area contributed by atoms with E-state index in [1.165, 1.54) is 11.3 Å². The summed E-state index contributed by atoms with van der Waals surface area (Å²) in [6.07, 6.45) is 3.48. The Labute approximate surface area is 144 Å². The highest BCUT2D eigenvalue weighted by molar-refractivity contribution is 7.09. The summed E-state index contributed by atoms with van der Waals surface area (Å²) >= 11 is 1.53. The molecule has 1 atom stereocenters. The smallest absolute Gasteiger partial charge is 0.244 e. The molecule has 0 saturated heterocycles. The number of nitrogens with zero attached hydrogens (tertiary/aromatic N) is 4. The van der Waals surface area contributed by atoms with Crippen molar-refractivity contribution in [3.8, 4) is 11.3 Å². The first-order valence-electron chi connectivity index (χ1n) is 7.70. The lowest BCUT2D eigenvalue weighted by Gasteiger charge is -2.13. The second kappa shape index (κ2) is 6.92. The van der Waals surface area contributed by atoms with Gasteiger partial charge in [-0.1, -0.05) is 0 Å². The Morgan fingerprint density at radius 3 is 2.75 bits per heavy atom. The van der Waals surface area contributed by atoms with Gasteiger partial charge < -0.3 is 5.32 Å². The summed E-state index contributed by atoms with van der Waals surface area (Å²) in [5, 5.41) is 10.2. The van der Waals surface area contributed by atoms with Crippen molar-refractivity contribution in [1.82, 2.24) is 25.1 Å². The number of hydrogen-bond donors (Lipinski definition) is 1. The average molecular weight is 341 g/mol. The van der Waals surface area contributed by atoms with Crippen LogP contribution in [0.5, 0.6) is 0 Å². The molecule has 1 N–H and O–H groups in total. The van der Waals surface area contributed by atoms with Gasteiger partial charge in [-0.2, -0.15) is 5.10 Å². The van der Waals surface area contributed by atoms with E-state index in [1.807, 2.05) is 44.4 Å². The van der Waals surface area contributed by atoms with E-state index in [4.69, 9.17) is 0 Å². The van der Waals surface area contributed by atoms with Gasteiger partial charge in [0.2, 0.25) is 5.91 Å². The number of nitrogens with one attached hydrogen (secondary N) is 1. The van der Waals surface area contributed by atoms with Crippen LogP contribution in [-0.4, -0.2) is 25.7 Å². The molecule has 0 radical (unpaired) electrons. The SMILES string of the molecule is Cc1cc(C)n([C@@H](C)C(=O)NCc2nc(-c3ccncc3)cs2)n1. The van der Waals surface area contributed by atoms with E-state index >= 15 is 0 Å². The van der Waals surface area contributed by atoms with Crippen molar-refractivity contribution in [2.24, 2.45) is 0 Å². The first-order valence-corrected chi connectivity index (χ1v) is 8.58. The third-order valence-electron chi connectivity index (χ3n) is 3.73. The summed E-state index contributed by atoms with van der Waals surface area (Å²) in [6.45, 7) is 6.13. The molecule has 3 aromatic heterocycles. The van der Waals surface area contributed by atoms with Crippen molar-refractivity contribution in [1.29, 1.82) is 0 Å². The lowest BCUT2D eigenvalue weighted by atomic mass is 10.2. The van der Waals surface area contributed by atoms with Gasteiger partial charge in [0.25, 0.3) is 0 Å². The Bertz CT molecular complexity index is 840. The minimum atomic E-state index is -0.349. The Morgan fingerprint density at radius 2 is 2.08 bits per heavy atom. The van der Waals surface area contributed by atoms with Crippen LogP contribution in [0, 0.1) is 13.8 Å². The van der Waals surface area contributed by atoms with Crippen molar-refractivity contribution < 1.29 is 4.79 Å². The maximum absolute atomic E-state index is 12.4. The minimum Gasteiger partial charge on any atom is -0.348 e. The summed E-state index contributed by atoms with van der Waals surface area (Å²) in [7, 11) is 0. The topological polar surface area (TPSA) is 72.7 Å². The molecule has 0 spiro atoms. The van der Waals surface area contributed by atoms with E-state index < -0.39 is 0 Å². The third-order valence-corrected chi connectivity index (χ3v) is 4.58. The molecule has 3 rings (SSSR count). The number of thiazole rings is 1. The van der Waals surface area contributed by atoms with Gasteiger partial charge in [-0.15, -0.1) is 11.3 Å². The molecule has 3 heterocycles. The number of carbonyl (C=O) groups excluding carboxylic acids is 1. The van der Waals surface area contributed by atoms with Gasteiger partial charge in [-0.3, -0.25) is 14.5 Å². The Morgan fingerprint density at radius 1 is 1.33 bits per heavy atom. The molecule has 0 aromatic carbocycles. The highest BCUT2D eigenvalue weighted by Gasteiger charge is 2.18. The van der Waals surface area contributed by atoms with E-state index in [0.29, 0.717) is 6.54 Å². The molecular weight excluding hydrogens is 322 g/mol. The number of pyridine rings is 1. The zero-order valence-corrected chi connectivity index (χ0v) is 14.7. The lowest BCUT2D eigenvalue weighted by Crippen LogP contribution is -2.31. The molecule has 0 aliphatic carbocycles. The first kappa shape index (κ1) is 16.3. The Hall–Kier alpha value is -2.54. The van der Waals surface area contributed by atoms with Crippen LogP contribution in [-0.2, 0) is 11.3 Å². The van der Waals surface area contributed by atoms with Crippen LogP contribution in [0.1, 0.15) is 29.4 Å². The van der Waals surface area contributed by atoms with Crippen LogP contribution in [0.2, 0.25) is 0 Å². The molecule has 6 nitrogen and oxygen atoms in total. The average Bonchev–Trinajstić information content (AvgIpc) is 3.19. The van der Waals surface area contributed by atoms with Gasteiger partial charge in [-0.05, 0) is 39.0 Å². The van der Waals surface area contributed by atoms with Crippen LogP contribution in [0.25, 0.3) is 11.3 Å². The Kier molecular flexibility index (Phi) is 4.71. The largest absolute Gasteiger partial charge is 0.348 e. The van der Waals surface area contributed by atoms with Crippen molar-refractivity contribution in [2.45, 2.75) is 33.4 Å². The van der Waals surface area contributed by atoms with Crippen molar-refractivity contribution >= 4 is 17.2 Å². The van der Waals surface area contributed by atoms with E-state index in [1.54, 1.807) is 17.1 Å². The fourth-order valence-electron chi connectivity index (χ4n) is 2.51. The van der Waals surface area contributed by atoms with Gasteiger partial charge in [-0.25, -0.2) is 4.98 Å². The van der Waals surface area contributed by atoms with E-state index in [2.05, 4.69) is 20.4 Å². The van der Waals surface area contributed by atoms with Crippen LogP contribution < -0.4 is 5.32 Å². The van der Waals surface area contributed by atoms with E-state index in [-0.39, 0.29) is 11.9 Å². The summed E-state index contributed by atoms with van der Waals surface area (Å²) < 4.78 is 1.74. The highest BCUT2D eigenvalue weighted by Crippen LogP contribution is 2.21. The molecular formula is C17H19N5OS. The van der Waals surface area contributed by atoms with E-state index in [0.717, 1.165) is 27.7 Å². The van der Waals surface area contributed by atoms with Crippen LogP contribution in [0.4, 0.5) is 0 Å². The summed E-state index contributed by atoms with van der Waals surface area (Å²) in [6, 6.07) is 5.45. The maximum atomic E-state index is 12.4. The van der Waals surface area contributed by atoms with Gasteiger partial charge in [0, 0.05) is 29.0 Å². The van der Waals surface area contributed by atoms with Gasteiger partial charge >= 0.3 is 0 Å². The van der Waals surface area contributed by atoms with Crippen molar-refractivity contribution in [3.63, 3.8) is 0 Å². The molecule has 0 saturated carbocycles. The number of aryl methyl sites for hydroxylation is 2. The Balaban J connectivity index is 1.62. The number of rotatable bonds is 5. The number of carbonyl (C=O) groups is 1. The lowest BCUT2D eigenvalue weighted by molar-refractivity contribution is -0.124. The third kappa shape index (κ3) is 3.51. The number of aromatic nitrogens is 4. The highest BCUT2D eigenvalue weighted by atomic mass is 32.1. The predicted molar refractivity (Wildman–Crippen MR) is 93.6 cm³/mol. The minimum absolute atomic E-state index is 0.0677. The number of hydrogen-bond acceptors (Lipinski definition) is 5. The van der Waals surface area contributed by atoms with Gasteiger partial charge in [0.05, 0.1) is 17.9 Å². The molecule has 124 valence electrons. The molecule has 0 aliphatic heterocycles. The number of amides is 1. The standard InChI is InChI=1S/C17H19N5OS/c1-11-8-12(2)22(21-11)13(3)17(23)19-9-16-20-15(10-24-16)14-4-6-18-7-5-14/h4-8,10,13H,9H2,1-3H3,(H,19,23)/t13-/m0/s1. The fraction of sp³-hybridized carbons (Fsp3) is 0.294. The monoisotopic (exact) mass is 341 g/mol. The van der Waals surface area contributed by atoms with Crippen LogP contribution >= 0.6 is 11.3 Å². The molecule has 0 unspecified atom stereocenters. The second-order valence-corrected chi connectivity index (χ2v) is 6.57. The fourth-order valence-corrected chi connectivity index (χ4v) is 3.25. The molecule has 0 fully saturated rings. The quantitative estimate of drug-likeness (QED) is 0.774. The first-order chi connectivity index (χ1) is 11.5. The summed E-state index contributed by atoms with van der Waals surface area (Å²) in [4.78, 5) is 20.9. The zero-order valence-electron chi connectivity index (χ0n) is 13.9. The summed E-state index contributed by atoms with van der Waals surface area (Å²) in [5.41, 5.74) is 3.81. The second-order valence-electron chi connectivity index (χ2n) is 5.63. The summed E-state index contributed by atoms with van der Waals surface area (Å²) in [5.74, 6) is -0.0677. The van der Waals surface area contributed by atoms with E-state index in [9.17, 15) is 4.79 Å². The van der Waals surface area contributed by atoms with Gasteiger partial charge in [0.1, 0.15) is 11.0 Å². The van der Waals surface area contributed by atoms with Crippen molar-refractivity contribution in [2.75, 3.05) is 0 Å². The van der Waals surface area contributed by atoms with Crippen LogP contribution in [0.15, 0.2) is 36.0 Å². The molecule has 24 heavy (non-hydrogen) atoms. The molecule has 7 heteroatoms. The van der Waals surface area contributed by atoms with Crippen molar-refractivity contribution in [3.05, 3.63) is 52.4 Å². The van der Waals surface area contributed by atoms with Gasteiger partial charge in [0.15, 0.2) is 0 Å². The molecule has 3 aromatic rings.